The van der Waals surface area contributed by atoms with Crippen LogP contribution in [0.4, 0.5) is 5.69 Å². The summed E-state index contributed by atoms with van der Waals surface area (Å²) in [5.41, 5.74) is 3.02. The third-order valence-corrected chi connectivity index (χ3v) is 4.25. The number of anilines is 1. The minimum absolute atomic E-state index is 0.0625. The van der Waals surface area contributed by atoms with Gasteiger partial charge < -0.3 is 14.8 Å². The summed E-state index contributed by atoms with van der Waals surface area (Å²) in [4.78, 5) is 12.3. The maximum atomic E-state index is 12.3. The molecule has 0 spiro atoms. The van der Waals surface area contributed by atoms with Crippen LogP contribution in [0, 0.1) is 13.8 Å². The number of para-hydroxylation sites is 2. The number of rotatable bonds is 8. The highest BCUT2D eigenvalue weighted by Gasteiger charge is 2.08. The van der Waals surface area contributed by atoms with E-state index in [4.69, 9.17) is 9.47 Å². The quantitative estimate of drug-likeness (QED) is 0.499. The number of hydrogen-bond acceptors (Lipinski definition) is 3. The van der Waals surface area contributed by atoms with Gasteiger partial charge in [0, 0.05) is 6.42 Å². The van der Waals surface area contributed by atoms with Crippen molar-refractivity contribution in [3.63, 3.8) is 0 Å². The molecule has 0 bridgehead atoms. The summed E-state index contributed by atoms with van der Waals surface area (Å²) in [6.45, 7) is 4.56. The van der Waals surface area contributed by atoms with Crippen molar-refractivity contribution in [1.29, 1.82) is 0 Å². The highest BCUT2D eigenvalue weighted by molar-refractivity contribution is 5.92. The summed E-state index contributed by atoms with van der Waals surface area (Å²) in [7, 11) is 0. The van der Waals surface area contributed by atoms with Crippen LogP contribution in [0.1, 0.15) is 24.0 Å². The second kappa shape index (κ2) is 9.60. The summed E-state index contributed by atoms with van der Waals surface area (Å²) >= 11 is 0. The largest absolute Gasteiger partial charge is 0.494 e. The van der Waals surface area contributed by atoms with Gasteiger partial charge in [-0.25, -0.2) is 0 Å². The van der Waals surface area contributed by atoms with Crippen LogP contribution in [-0.2, 0) is 4.79 Å². The first-order chi connectivity index (χ1) is 13.6. The number of ether oxygens (including phenoxy) is 2. The van der Waals surface area contributed by atoms with Gasteiger partial charge in [0.1, 0.15) is 11.5 Å². The molecule has 3 aromatic carbocycles. The lowest BCUT2D eigenvalue weighted by molar-refractivity contribution is -0.116. The van der Waals surface area contributed by atoms with E-state index in [-0.39, 0.29) is 5.91 Å². The summed E-state index contributed by atoms with van der Waals surface area (Å²) in [5.74, 6) is 2.12. The van der Waals surface area contributed by atoms with Gasteiger partial charge in [0.2, 0.25) is 5.91 Å². The Morgan fingerprint density at radius 2 is 1.43 bits per heavy atom. The van der Waals surface area contributed by atoms with E-state index in [2.05, 4.69) is 5.32 Å². The van der Waals surface area contributed by atoms with Crippen molar-refractivity contribution in [2.24, 2.45) is 0 Å². The Hall–Kier alpha value is -3.27. The molecule has 0 saturated carbocycles. The molecule has 28 heavy (non-hydrogen) atoms. The van der Waals surface area contributed by atoms with E-state index in [9.17, 15) is 4.79 Å². The number of aryl methyl sites for hydroxylation is 2. The molecule has 0 aliphatic heterocycles. The maximum Gasteiger partial charge on any atom is 0.224 e. The molecule has 3 aromatic rings. The van der Waals surface area contributed by atoms with Gasteiger partial charge in [-0.2, -0.15) is 0 Å². The fourth-order valence-electron chi connectivity index (χ4n) is 2.66. The SMILES string of the molecule is Cc1ccc(OCCCC(=O)Nc2ccccc2Oc2ccc(C)cc2)cc1. The van der Waals surface area contributed by atoms with E-state index < -0.39 is 0 Å². The predicted octanol–water partition coefficient (Wildman–Crippen LogP) is 5.89. The molecule has 4 nitrogen and oxygen atoms in total. The first-order valence-electron chi connectivity index (χ1n) is 9.43. The van der Waals surface area contributed by atoms with Crippen molar-refractivity contribution in [2.45, 2.75) is 26.7 Å². The molecule has 0 aromatic heterocycles. The molecular formula is C24H25NO3. The van der Waals surface area contributed by atoms with Crippen LogP contribution < -0.4 is 14.8 Å². The predicted molar refractivity (Wildman–Crippen MR) is 112 cm³/mol. The van der Waals surface area contributed by atoms with Crippen molar-refractivity contribution in [1.82, 2.24) is 0 Å². The highest BCUT2D eigenvalue weighted by Crippen LogP contribution is 2.29. The average Bonchev–Trinajstić information content (AvgIpc) is 2.70. The first kappa shape index (κ1) is 19.5. The van der Waals surface area contributed by atoms with Gasteiger partial charge in [-0.15, -0.1) is 0 Å². The number of amides is 1. The maximum absolute atomic E-state index is 12.3. The van der Waals surface area contributed by atoms with Gasteiger partial charge in [-0.1, -0.05) is 47.5 Å². The normalized spacial score (nSPS) is 10.4. The minimum Gasteiger partial charge on any atom is -0.494 e. The molecule has 1 N–H and O–H groups in total. The monoisotopic (exact) mass is 375 g/mol. The topological polar surface area (TPSA) is 47.6 Å². The van der Waals surface area contributed by atoms with Crippen LogP contribution in [0.25, 0.3) is 0 Å². The second-order valence-corrected chi connectivity index (χ2v) is 6.72. The number of benzene rings is 3. The van der Waals surface area contributed by atoms with E-state index in [0.717, 1.165) is 11.5 Å². The molecule has 0 aliphatic rings. The Bertz CT molecular complexity index is 902. The molecule has 3 rings (SSSR count). The van der Waals surface area contributed by atoms with Gasteiger partial charge in [0.05, 0.1) is 12.3 Å². The zero-order valence-electron chi connectivity index (χ0n) is 16.3. The van der Waals surface area contributed by atoms with E-state index in [0.29, 0.717) is 30.9 Å². The molecule has 0 saturated heterocycles. The zero-order valence-corrected chi connectivity index (χ0v) is 16.3. The molecule has 144 valence electrons. The van der Waals surface area contributed by atoms with E-state index in [1.54, 1.807) is 0 Å². The van der Waals surface area contributed by atoms with E-state index in [1.807, 2.05) is 86.6 Å². The average molecular weight is 375 g/mol. The molecule has 0 atom stereocenters. The van der Waals surface area contributed by atoms with Crippen molar-refractivity contribution in [2.75, 3.05) is 11.9 Å². The smallest absolute Gasteiger partial charge is 0.224 e. The number of hydrogen-bond donors (Lipinski definition) is 1. The Morgan fingerprint density at radius 1 is 0.821 bits per heavy atom. The van der Waals surface area contributed by atoms with Gasteiger partial charge in [-0.05, 0) is 56.7 Å². The fraction of sp³-hybridized carbons (Fsp3) is 0.208. The van der Waals surface area contributed by atoms with E-state index >= 15 is 0 Å². The third-order valence-electron chi connectivity index (χ3n) is 4.25. The molecule has 0 radical (unpaired) electrons. The molecule has 1 amide bonds. The molecular weight excluding hydrogens is 350 g/mol. The van der Waals surface area contributed by atoms with Crippen molar-refractivity contribution >= 4 is 11.6 Å². The standard InChI is InChI=1S/C24H25NO3/c1-18-9-13-20(14-10-18)27-17-5-8-24(26)25-22-6-3-4-7-23(22)28-21-15-11-19(2)12-16-21/h3-4,6-7,9-16H,5,8,17H2,1-2H3,(H,25,26). The first-order valence-corrected chi connectivity index (χ1v) is 9.43. The Labute approximate surface area is 166 Å². The van der Waals surface area contributed by atoms with Crippen molar-refractivity contribution < 1.29 is 14.3 Å². The lowest BCUT2D eigenvalue weighted by Gasteiger charge is -2.12. The number of carbonyl (C=O) groups excluding carboxylic acids is 1. The Kier molecular flexibility index (Phi) is 6.68. The molecule has 0 fully saturated rings. The molecule has 0 heterocycles. The van der Waals surface area contributed by atoms with Crippen LogP contribution >= 0.6 is 0 Å². The van der Waals surface area contributed by atoms with Crippen molar-refractivity contribution in [3.8, 4) is 17.2 Å². The third kappa shape index (κ3) is 5.88. The van der Waals surface area contributed by atoms with Gasteiger partial charge in [0.25, 0.3) is 0 Å². The van der Waals surface area contributed by atoms with E-state index in [1.165, 1.54) is 11.1 Å². The van der Waals surface area contributed by atoms with Crippen LogP contribution in [0.5, 0.6) is 17.2 Å². The summed E-state index contributed by atoms with van der Waals surface area (Å²) in [6, 6.07) is 23.1. The Morgan fingerprint density at radius 3 is 2.11 bits per heavy atom. The summed E-state index contributed by atoms with van der Waals surface area (Å²) < 4.78 is 11.6. The second-order valence-electron chi connectivity index (χ2n) is 6.72. The Balaban J connectivity index is 1.49. The molecule has 0 unspecified atom stereocenters. The molecule has 0 aliphatic carbocycles. The lowest BCUT2D eigenvalue weighted by atomic mass is 10.2. The lowest BCUT2D eigenvalue weighted by Crippen LogP contribution is -2.13. The van der Waals surface area contributed by atoms with Crippen LogP contribution in [0.3, 0.4) is 0 Å². The summed E-state index contributed by atoms with van der Waals surface area (Å²) in [5, 5.41) is 2.93. The fourth-order valence-corrected chi connectivity index (χ4v) is 2.66. The number of carbonyl (C=O) groups is 1. The van der Waals surface area contributed by atoms with Gasteiger partial charge in [-0.3, -0.25) is 4.79 Å². The minimum atomic E-state index is -0.0625. The molecule has 4 heteroatoms. The summed E-state index contributed by atoms with van der Waals surface area (Å²) in [6.07, 6.45) is 1.02. The zero-order chi connectivity index (χ0) is 19.8. The highest BCUT2D eigenvalue weighted by atomic mass is 16.5. The van der Waals surface area contributed by atoms with Crippen LogP contribution in [0.15, 0.2) is 72.8 Å². The van der Waals surface area contributed by atoms with Crippen LogP contribution in [-0.4, -0.2) is 12.5 Å². The van der Waals surface area contributed by atoms with Crippen molar-refractivity contribution in [3.05, 3.63) is 83.9 Å². The number of nitrogens with one attached hydrogen (secondary N) is 1. The van der Waals surface area contributed by atoms with Gasteiger partial charge >= 0.3 is 0 Å². The van der Waals surface area contributed by atoms with Crippen LogP contribution in [0.2, 0.25) is 0 Å². The van der Waals surface area contributed by atoms with Gasteiger partial charge in [0.15, 0.2) is 5.75 Å².